The first-order valence-electron chi connectivity index (χ1n) is 7.40. The topological polar surface area (TPSA) is 76.7 Å². The van der Waals surface area contributed by atoms with E-state index in [0.29, 0.717) is 29.3 Å². The summed E-state index contributed by atoms with van der Waals surface area (Å²) in [6, 6.07) is 12.3. The van der Waals surface area contributed by atoms with Gasteiger partial charge in [-0.05, 0) is 35.9 Å². The molecule has 0 heterocycles. The maximum Gasteiger partial charge on any atom is 0.251 e. The Morgan fingerprint density at radius 2 is 1.83 bits per heavy atom. The molecule has 2 aromatic carbocycles. The number of hydrogen-bond acceptors (Lipinski definition) is 4. The second-order valence-corrected chi connectivity index (χ2v) is 5.13. The molecule has 0 atom stereocenters. The molecule has 0 spiro atoms. The zero-order chi connectivity index (χ0) is 17.5. The minimum atomic E-state index is -0.203. The van der Waals surface area contributed by atoms with Gasteiger partial charge >= 0.3 is 0 Å². The van der Waals surface area contributed by atoms with Crippen LogP contribution in [-0.4, -0.2) is 26.0 Å². The molecule has 0 unspecified atom stereocenters. The van der Waals surface area contributed by atoms with Gasteiger partial charge in [-0.3, -0.25) is 9.59 Å². The van der Waals surface area contributed by atoms with E-state index in [0.717, 1.165) is 5.56 Å². The van der Waals surface area contributed by atoms with Crippen LogP contribution in [0.5, 0.6) is 11.5 Å². The highest BCUT2D eigenvalue weighted by Crippen LogP contribution is 2.25. The molecule has 6 heteroatoms. The van der Waals surface area contributed by atoms with E-state index in [9.17, 15) is 9.59 Å². The molecule has 0 saturated heterocycles. The van der Waals surface area contributed by atoms with Gasteiger partial charge in [0.25, 0.3) is 5.91 Å². The molecule has 0 bridgehead atoms. The van der Waals surface area contributed by atoms with Crippen LogP contribution in [0.2, 0.25) is 0 Å². The van der Waals surface area contributed by atoms with E-state index >= 15 is 0 Å². The number of carbonyl (C=O) groups excluding carboxylic acids is 2. The number of benzene rings is 2. The Balaban J connectivity index is 2.08. The van der Waals surface area contributed by atoms with Gasteiger partial charge in [0.1, 0.15) is 11.5 Å². The molecule has 24 heavy (non-hydrogen) atoms. The molecule has 0 radical (unpaired) electrons. The quantitative estimate of drug-likeness (QED) is 0.854. The maximum absolute atomic E-state index is 12.2. The van der Waals surface area contributed by atoms with Crippen LogP contribution < -0.4 is 20.1 Å². The third-order valence-electron chi connectivity index (χ3n) is 3.36. The van der Waals surface area contributed by atoms with Crippen LogP contribution >= 0.6 is 0 Å². The van der Waals surface area contributed by atoms with Gasteiger partial charge in [0.05, 0.1) is 19.9 Å². The minimum absolute atomic E-state index is 0.189. The van der Waals surface area contributed by atoms with Crippen LogP contribution in [0.3, 0.4) is 0 Å². The van der Waals surface area contributed by atoms with E-state index in [-0.39, 0.29) is 11.8 Å². The van der Waals surface area contributed by atoms with Gasteiger partial charge in [-0.25, -0.2) is 0 Å². The number of rotatable bonds is 6. The summed E-state index contributed by atoms with van der Waals surface area (Å²) in [5.41, 5.74) is 1.93. The fraction of sp³-hybridized carbons (Fsp3) is 0.222. The van der Waals surface area contributed by atoms with Crippen molar-refractivity contribution in [2.24, 2.45) is 0 Å². The first-order valence-corrected chi connectivity index (χ1v) is 7.40. The lowest BCUT2D eigenvalue weighted by Crippen LogP contribution is -2.22. The molecule has 126 valence electrons. The number of ether oxygens (including phenoxy) is 2. The van der Waals surface area contributed by atoms with Crippen molar-refractivity contribution in [1.82, 2.24) is 5.32 Å². The lowest BCUT2D eigenvalue weighted by Gasteiger charge is -2.12. The Morgan fingerprint density at radius 1 is 1.04 bits per heavy atom. The van der Waals surface area contributed by atoms with Gasteiger partial charge in [-0.1, -0.05) is 12.1 Å². The molecule has 2 amide bonds. The first-order chi connectivity index (χ1) is 11.5. The third kappa shape index (κ3) is 4.49. The Labute approximate surface area is 140 Å². The van der Waals surface area contributed by atoms with Crippen molar-refractivity contribution in [1.29, 1.82) is 0 Å². The van der Waals surface area contributed by atoms with E-state index in [1.54, 1.807) is 43.5 Å². The van der Waals surface area contributed by atoms with Crippen LogP contribution in [0.4, 0.5) is 5.69 Å². The highest BCUT2D eigenvalue weighted by Gasteiger charge is 2.09. The van der Waals surface area contributed by atoms with Crippen molar-refractivity contribution in [2.75, 3.05) is 19.5 Å². The molecule has 0 aliphatic rings. The SMILES string of the molecule is COc1cccc(C(=O)NCc2ccc(OC)c(NC(C)=O)c2)c1. The average Bonchev–Trinajstić information content (AvgIpc) is 2.59. The molecule has 0 fully saturated rings. The first kappa shape index (κ1) is 17.3. The van der Waals surface area contributed by atoms with Crippen LogP contribution in [0.25, 0.3) is 0 Å². The average molecular weight is 328 g/mol. The zero-order valence-corrected chi connectivity index (χ0v) is 13.9. The Kier molecular flexibility index (Phi) is 5.78. The minimum Gasteiger partial charge on any atom is -0.497 e. The molecule has 0 saturated carbocycles. The summed E-state index contributed by atoms with van der Waals surface area (Å²) in [5, 5.41) is 5.54. The summed E-state index contributed by atoms with van der Waals surface area (Å²) in [7, 11) is 3.09. The van der Waals surface area contributed by atoms with E-state index in [2.05, 4.69) is 10.6 Å². The molecule has 2 N–H and O–H groups in total. The molecule has 0 aliphatic heterocycles. The summed E-state index contributed by atoms with van der Waals surface area (Å²) in [6.07, 6.45) is 0. The lowest BCUT2D eigenvalue weighted by atomic mass is 10.1. The van der Waals surface area contributed by atoms with E-state index in [4.69, 9.17) is 9.47 Å². The second kappa shape index (κ2) is 8.01. The number of amides is 2. The van der Waals surface area contributed by atoms with Gasteiger partial charge in [-0.15, -0.1) is 0 Å². The van der Waals surface area contributed by atoms with Gasteiger partial charge in [0, 0.05) is 19.0 Å². The smallest absolute Gasteiger partial charge is 0.251 e. The van der Waals surface area contributed by atoms with Crippen LogP contribution in [-0.2, 0) is 11.3 Å². The van der Waals surface area contributed by atoms with Crippen LogP contribution in [0.15, 0.2) is 42.5 Å². The van der Waals surface area contributed by atoms with Crippen molar-refractivity contribution < 1.29 is 19.1 Å². The monoisotopic (exact) mass is 328 g/mol. The number of anilines is 1. The third-order valence-corrected chi connectivity index (χ3v) is 3.36. The predicted octanol–water partition coefficient (Wildman–Crippen LogP) is 2.59. The highest BCUT2D eigenvalue weighted by molar-refractivity contribution is 5.94. The van der Waals surface area contributed by atoms with Crippen molar-refractivity contribution in [3.05, 3.63) is 53.6 Å². The van der Waals surface area contributed by atoms with Crippen molar-refractivity contribution >= 4 is 17.5 Å². The number of hydrogen-bond donors (Lipinski definition) is 2. The van der Waals surface area contributed by atoms with Gasteiger partial charge in [0.2, 0.25) is 5.91 Å². The number of methoxy groups -OCH3 is 2. The largest absolute Gasteiger partial charge is 0.497 e. The van der Waals surface area contributed by atoms with Crippen LogP contribution in [0.1, 0.15) is 22.8 Å². The Bertz CT molecular complexity index is 744. The predicted molar refractivity (Wildman–Crippen MR) is 91.5 cm³/mol. The van der Waals surface area contributed by atoms with E-state index in [1.807, 2.05) is 6.07 Å². The molecule has 2 rings (SSSR count). The summed E-state index contributed by atoms with van der Waals surface area (Å²) in [5.74, 6) is 0.796. The maximum atomic E-state index is 12.2. The lowest BCUT2D eigenvalue weighted by molar-refractivity contribution is -0.114. The fourth-order valence-corrected chi connectivity index (χ4v) is 2.20. The van der Waals surface area contributed by atoms with Gasteiger partial charge in [-0.2, -0.15) is 0 Å². The van der Waals surface area contributed by atoms with E-state index < -0.39 is 0 Å². The Morgan fingerprint density at radius 3 is 2.50 bits per heavy atom. The molecular weight excluding hydrogens is 308 g/mol. The summed E-state index contributed by atoms with van der Waals surface area (Å²) in [6.45, 7) is 1.75. The van der Waals surface area contributed by atoms with Gasteiger partial charge in [0.15, 0.2) is 0 Å². The number of carbonyl (C=O) groups is 2. The molecule has 6 nitrogen and oxygen atoms in total. The van der Waals surface area contributed by atoms with E-state index in [1.165, 1.54) is 14.0 Å². The normalized spacial score (nSPS) is 9.96. The van der Waals surface area contributed by atoms with Gasteiger partial charge < -0.3 is 20.1 Å². The summed E-state index contributed by atoms with van der Waals surface area (Å²) in [4.78, 5) is 23.5. The van der Waals surface area contributed by atoms with Crippen molar-refractivity contribution in [2.45, 2.75) is 13.5 Å². The Hall–Kier alpha value is -3.02. The molecular formula is C18H20N2O4. The second-order valence-electron chi connectivity index (χ2n) is 5.13. The van der Waals surface area contributed by atoms with Crippen LogP contribution in [0, 0.1) is 0 Å². The fourth-order valence-electron chi connectivity index (χ4n) is 2.20. The standard InChI is InChI=1S/C18H20N2O4/c1-12(21)20-16-9-13(7-8-17(16)24-3)11-19-18(22)14-5-4-6-15(10-14)23-2/h4-10H,11H2,1-3H3,(H,19,22)(H,20,21). The molecule has 0 aliphatic carbocycles. The van der Waals surface area contributed by atoms with Crippen molar-refractivity contribution in [3.63, 3.8) is 0 Å². The molecule has 0 aromatic heterocycles. The zero-order valence-electron chi connectivity index (χ0n) is 13.9. The number of nitrogens with one attached hydrogen (secondary N) is 2. The highest BCUT2D eigenvalue weighted by atomic mass is 16.5. The molecule has 2 aromatic rings. The summed E-state index contributed by atoms with van der Waals surface area (Å²) < 4.78 is 10.3. The van der Waals surface area contributed by atoms with Crippen molar-refractivity contribution in [3.8, 4) is 11.5 Å². The summed E-state index contributed by atoms with van der Waals surface area (Å²) >= 11 is 0.